The van der Waals surface area contributed by atoms with Gasteiger partial charge in [-0.25, -0.2) is 4.68 Å². The van der Waals surface area contributed by atoms with Gasteiger partial charge in [0.1, 0.15) is 11.9 Å². The van der Waals surface area contributed by atoms with E-state index >= 15 is 0 Å². The minimum absolute atomic E-state index is 0.106. The van der Waals surface area contributed by atoms with Crippen LogP contribution in [0.3, 0.4) is 0 Å². The fraction of sp³-hybridized carbons (Fsp3) is 0.583. The number of hydrogen-bond acceptors (Lipinski definition) is 7. The number of rotatable bonds is 3. The van der Waals surface area contributed by atoms with Crippen molar-refractivity contribution in [3.05, 3.63) is 47.1 Å². The number of benzene rings is 1. The van der Waals surface area contributed by atoms with Crippen molar-refractivity contribution < 1.29 is 30.8 Å². The SMILES string of the molecule is Cc1nnc(N2C[C@@H]3CC[C@]4(C2)[C@H]3N4c2nc3n(n2)C(C(F)(F)F)CCC3c2ccc(C(F)(F)F)cc2)o1. The summed E-state index contributed by atoms with van der Waals surface area (Å²) in [4.78, 5) is 8.67. The molecule has 38 heavy (non-hydrogen) atoms. The van der Waals surface area contributed by atoms with Gasteiger partial charge in [0.25, 0.3) is 0 Å². The third kappa shape index (κ3) is 3.44. The molecule has 2 aromatic heterocycles. The molecule has 0 N–H and O–H groups in total. The van der Waals surface area contributed by atoms with Gasteiger partial charge in [-0.15, -0.1) is 10.2 Å². The fourth-order valence-electron chi connectivity index (χ4n) is 6.90. The normalized spacial score (nSPS) is 30.4. The van der Waals surface area contributed by atoms with Crippen molar-refractivity contribution >= 4 is 12.0 Å². The van der Waals surface area contributed by atoms with Crippen LogP contribution >= 0.6 is 0 Å². The summed E-state index contributed by atoms with van der Waals surface area (Å²) in [5.74, 6) is 0.489. The molecule has 2 unspecified atom stereocenters. The first-order valence-corrected chi connectivity index (χ1v) is 12.5. The summed E-state index contributed by atoms with van der Waals surface area (Å²) in [6, 6.07) is 3.26. The molecule has 3 fully saturated rings. The Bertz CT molecular complexity index is 1380. The van der Waals surface area contributed by atoms with Crippen molar-refractivity contribution in [3.8, 4) is 0 Å². The van der Waals surface area contributed by atoms with E-state index in [9.17, 15) is 26.3 Å². The van der Waals surface area contributed by atoms with Gasteiger partial charge in [0.15, 0.2) is 0 Å². The number of aryl methyl sites for hydroxylation is 1. The lowest BCUT2D eigenvalue weighted by molar-refractivity contribution is -0.175. The molecule has 202 valence electrons. The van der Waals surface area contributed by atoms with Crippen LogP contribution in [0.1, 0.15) is 60.5 Å². The van der Waals surface area contributed by atoms with Gasteiger partial charge >= 0.3 is 18.4 Å². The van der Waals surface area contributed by atoms with Crippen LogP contribution in [0, 0.1) is 12.8 Å². The van der Waals surface area contributed by atoms with Crippen LogP contribution < -0.4 is 9.80 Å². The zero-order valence-electron chi connectivity index (χ0n) is 20.2. The molecule has 0 radical (unpaired) electrons. The summed E-state index contributed by atoms with van der Waals surface area (Å²) in [6.07, 6.45) is -7.33. The lowest BCUT2D eigenvalue weighted by atomic mass is 9.88. The van der Waals surface area contributed by atoms with Crippen LogP contribution in [0.4, 0.5) is 38.3 Å². The molecule has 8 nitrogen and oxygen atoms in total. The lowest BCUT2D eigenvalue weighted by Crippen LogP contribution is -2.42. The van der Waals surface area contributed by atoms with Crippen molar-refractivity contribution in [2.24, 2.45) is 5.92 Å². The second kappa shape index (κ2) is 7.63. The molecule has 5 atom stereocenters. The maximum absolute atomic E-state index is 14.0. The Morgan fingerprint density at radius 3 is 2.42 bits per heavy atom. The van der Waals surface area contributed by atoms with Crippen molar-refractivity contribution in [3.63, 3.8) is 0 Å². The second-order valence-electron chi connectivity index (χ2n) is 10.7. The van der Waals surface area contributed by atoms with E-state index in [-0.39, 0.29) is 42.1 Å². The van der Waals surface area contributed by atoms with Crippen molar-refractivity contribution in [2.45, 2.75) is 68.5 Å². The average Bonchev–Trinajstić information content (AvgIpc) is 3.12. The number of anilines is 2. The summed E-state index contributed by atoms with van der Waals surface area (Å²) in [6.45, 7) is 2.98. The molecule has 0 amide bonds. The molecule has 4 aliphatic rings. The first-order valence-electron chi connectivity index (χ1n) is 12.5. The van der Waals surface area contributed by atoms with Gasteiger partial charge < -0.3 is 14.2 Å². The standard InChI is InChI=1S/C24H23F6N7O/c1-12-32-33-21(38-12)35-10-14-8-9-22(11-35)18(14)36(22)20-31-19-16(6-7-17(24(28,29)30)37(19)34-20)13-2-4-15(5-3-13)23(25,26)27/h2-5,14,16-18H,6-11H2,1H3/t14-,16?,17?,18-,22-,36?/m0/s1. The smallest absolute Gasteiger partial charge is 0.408 e. The molecule has 1 aromatic carbocycles. The van der Waals surface area contributed by atoms with E-state index in [2.05, 4.69) is 20.3 Å². The van der Waals surface area contributed by atoms with E-state index in [1.807, 2.05) is 9.80 Å². The quantitative estimate of drug-likeness (QED) is 0.347. The topological polar surface area (TPSA) is 75.9 Å². The molecule has 0 spiro atoms. The molecule has 2 bridgehead atoms. The summed E-state index contributed by atoms with van der Waals surface area (Å²) >= 11 is 0. The third-order valence-corrected chi connectivity index (χ3v) is 8.56. The average molecular weight is 539 g/mol. The minimum atomic E-state index is -4.53. The number of halogens is 6. The number of piperidine rings is 2. The molecule has 3 aromatic rings. The van der Waals surface area contributed by atoms with Crippen LogP contribution in [-0.4, -0.2) is 55.8 Å². The predicted octanol–water partition coefficient (Wildman–Crippen LogP) is 4.88. The highest BCUT2D eigenvalue weighted by Crippen LogP contribution is 2.61. The maximum atomic E-state index is 14.0. The molecular weight excluding hydrogens is 516 g/mol. The number of aromatic nitrogens is 5. The number of alkyl halides is 6. The summed E-state index contributed by atoms with van der Waals surface area (Å²) in [7, 11) is 0. The van der Waals surface area contributed by atoms with E-state index in [1.165, 1.54) is 12.1 Å². The lowest BCUT2D eigenvalue weighted by Gasteiger charge is -2.30. The van der Waals surface area contributed by atoms with Gasteiger partial charge in [0, 0.05) is 25.9 Å². The van der Waals surface area contributed by atoms with E-state index in [4.69, 9.17) is 4.42 Å². The van der Waals surface area contributed by atoms with Gasteiger partial charge in [-0.1, -0.05) is 17.2 Å². The Hall–Kier alpha value is -3.32. The molecule has 3 aliphatic heterocycles. The monoisotopic (exact) mass is 539 g/mol. The Morgan fingerprint density at radius 2 is 1.76 bits per heavy atom. The van der Waals surface area contributed by atoms with Crippen LogP contribution in [0.25, 0.3) is 0 Å². The summed E-state index contributed by atoms with van der Waals surface area (Å²) in [5, 5.41) is 12.4. The van der Waals surface area contributed by atoms with Gasteiger partial charge in [-0.05, 0) is 49.3 Å². The second-order valence-corrected chi connectivity index (χ2v) is 10.7. The van der Waals surface area contributed by atoms with Crippen molar-refractivity contribution in [1.82, 2.24) is 25.0 Å². The molecule has 1 saturated carbocycles. The highest BCUT2D eigenvalue weighted by atomic mass is 19.4. The van der Waals surface area contributed by atoms with Crippen LogP contribution in [-0.2, 0) is 6.18 Å². The van der Waals surface area contributed by atoms with Crippen LogP contribution in [0.2, 0.25) is 0 Å². The zero-order valence-corrected chi connectivity index (χ0v) is 20.2. The van der Waals surface area contributed by atoms with Crippen molar-refractivity contribution in [1.29, 1.82) is 0 Å². The van der Waals surface area contributed by atoms with E-state index in [0.29, 0.717) is 30.6 Å². The third-order valence-electron chi connectivity index (χ3n) is 8.56. The van der Waals surface area contributed by atoms with Gasteiger partial charge in [-0.3, -0.25) is 0 Å². The molecule has 7 rings (SSSR count). The molecule has 1 aliphatic carbocycles. The molecule has 14 heteroatoms. The Balaban J connectivity index is 1.23. The van der Waals surface area contributed by atoms with Crippen LogP contribution in [0.5, 0.6) is 0 Å². The maximum Gasteiger partial charge on any atom is 0.416 e. The number of hydrogen-bond donors (Lipinski definition) is 0. The molecule has 2 saturated heterocycles. The number of fused-ring (bicyclic) bond motifs is 1. The number of nitrogens with zero attached hydrogens (tertiary/aromatic N) is 7. The first kappa shape index (κ1) is 23.8. The Labute approximate surface area is 212 Å². The minimum Gasteiger partial charge on any atom is -0.408 e. The molecule has 5 heterocycles. The van der Waals surface area contributed by atoms with Gasteiger partial charge in [0.2, 0.25) is 11.8 Å². The summed E-state index contributed by atoms with van der Waals surface area (Å²) < 4.78 is 87.7. The highest BCUT2D eigenvalue weighted by molar-refractivity contribution is 5.59. The first-order chi connectivity index (χ1) is 18.0. The van der Waals surface area contributed by atoms with E-state index in [0.717, 1.165) is 29.7 Å². The van der Waals surface area contributed by atoms with Gasteiger partial charge in [0.05, 0.1) is 17.1 Å². The fourth-order valence-corrected chi connectivity index (χ4v) is 6.90. The highest BCUT2D eigenvalue weighted by Gasteiger charge is 2.73. The van der Waals surface area contributed by atoms with E-state index in [1.54, 1.807) is 6.92 Å². The largest absolute Gasteiger partial charge is 0.416 e. The Kier molecular flexibility index (Phi) is 4.77. The zero-order chi connectivity index (χ0) is 26.6. The summed E-state index contributed by atoms with van der Waals surface area (Å²) in [5.41, 5.74) is -0.642. The van der Waals surface area contributed by atoms with Gasteiger partial charge in [-0.2, -0.15) is 31.3 Å². The van der Waals surface area contributed by atoms with Crippen molar-refractivity contribution in [2.75, 3.05) is 22.9 Å². The Morgan fingerprint density at radius 1 is 1.00 bits per heavy atom. The van der Waals surface area contributed by atoms with Crippen LogP contribution in [0.15, 0.2) is 28.7 Å². The molecular formula is C24H23F6N7O. The predicted molar refractivity (Wildman–Crippen MR) is 121 cm³/mol. The van der Waals surface area contributed by atoms with E-state index < -0.39 is 29.9 Å².